The fraction of sp³-hybridized carbons (Fsp3) is 0.217. The van der Waals surface area contributed by atoms with Crippen LogP contribution in [0.15, 0.2) is 48.8 Å². The second-order valence-electron chi connectivity index (χ2n) is 7.83. The van der Waals surface area contributed by atoms with E-state index in [1.54, 1.807) is 35.0 Å². The number of amides is 1. The van der Waals surface area contributed by atoms with Gasteiger partial charge in [0.25, 0.3) is 5.91 Å². The number of hydrogen-bond donors (Lipinski definition) is 2. The molecule has 8 nitrogen and oxygen atoms in total. The van der Waals surface area contributed by atoms with Crippen molar-refractivity contribution in [3.8, 4) is 11.6 Å². The van der Waals surface area contributed by atoms with Crippen LogP contribution >= 0.6 is 0 Å². The van der Waals surface area contributed by atoms with Crippen molar-refractivity contribution in [1.82, 2.24) is 19.4 Å². The fourth-order valence-electron chi connectivity index (χ4n) is 4.09. The van der Waals surface area contributed by atoms with E-state index >= 15 is 0 Å². The number of nitrogens with one attached hydrogen (secondary N) is 1. The lowest BCUT2D eigenvalue weighted by Crippen LogP contribution is -2.27. The molecule has 0 atom stereocenters. The molecular formula is C23H22FN7O. The molecule has 0 bridgehead atoms. The number of carbonyl (C=O) groups is 1. The molecule has 3 N–H and O–H groups in total. The zero-order valence-electron chi connectivity index (χ0n) is 17.5. The predicted molar refractivity (Wildman–Crippen MR) is 120 cm³/mol. The van der Waals surface area contributed by atoms with Crippen molar-refractivity contribution in [1.29, 1.82) is 0 Å². The van der Waals surface area contributed by atoms with Gasteiger partial charge in [0.2, 0.25) is 0 Å². The summed E-state index contributed by atoms with van der Waals surface area (Å²) in [6, 6.07) is 9.88. The van der Waals surface area contributed by atoms with Crippen molar-refractivity contribution in [3.63, 3.8) is 0 Å². The van der Waals surface area contributed by atoms with Crippen LogP contribution in [-0.2, 0) is 13.0 Å². The lowest BCUT2D eigenvalue weighted by Gasteiger charge is -2.28. The number of aromatic nitrogens is 4. The van der Waals surface area contributed by atoms with Gasteiger partial charge in [0.1, 0.15) is 17.5 Å². The molecule has 3 aromatic heterocycles. The van der Waals surface area contributed by atoms with E-state index in [9.17, 15) is 9.18 Å². The highest BCUT2D eigenvalue weighted by atomic mass is 19.1. The van der Waals surface area contributed by atoms with E-state index in [1.165, 1.54) is 12.1 Å². The van der Waals surface area contributed by atoms with Crippen LogP contribution in [0.5, 0.6) is 0 Å². The third-order valence-electron chi connectivity index (χ3n) is 5.65. The topological polar surface area (TPSA) is 101 Å². The molecule has 0 spiro atoms. The van der Waals surface area contributed by atoms with Crippen molar-refractivity contribution in [2.75, 3.05) is 23.8 Å². The maximum absolute atomic E-state index is 13.6. The molecule has 0 unspecified atom stereocenters. The number of anilines is 2. The normalized spacial score (nSPS) is 13.2. The molecule has 0 saturated heterocycles. The summed E-state index contributed by atoms with van der Waals surface area (Å²) in [7, 11) is 2.00. The summed E-state index contributed by atoms with van der Waals surface area (Å²) in [5.41, 5.74) is 8.33. The molecule has 0 saturated carbocycles. The highest BCUT2D eigenvalue weighted by molar-refractivity contribution is 5.99. The number of rotatable bonds is 5. The number of fused-ring (bicyclic) bond motifs is 2. The quantitative estimate of drug-likeness (QED) is 0.504. The number of imidazole rings is 1. The second kappa shape index (κ2) is 7.92. The first-order valence-electron chi connectivity index (χ1n) is 10.4. The van der Waals surface area contributed by atoms with Crippen LogP contribution in [0.25, 0.3) is 17.2 Å². The van der Waals surface area contributed by atoms with Gasteiger partial charge in [-0.05, 0) is 42.7 Å². The molecule has 5 rings (SSSR count). The molecule has 0 aliphatic carbocycles. The number of carbonyl (C=O) groups excluding carboxylic acids is 1. The van der Waals surface area contributed by atoms with Gasteiger partial charge in [-0.15, -0.1) is 0 Å². The Kier molecular flexibility index (Phi) is 4.93. The van der Waals surface area contributed by atoms with Crippen molar-refractivity contribution in [2.45, 2.75) is 19.4 Å². The maximum atomic E-state index is 13.6. The van der Waals surface area contributed by atoms with Crippen LogP contribution in [0.4, 0.5) is 16.0 Å². The van der Waals surface area contributed by atoms with E-state index in [1.807, 2.05) is 13.1 Å². The van der Waals surface area contributed by atoms with Crippen molar-refractivity contribution in [2.24, 2.45) is 5.73 Å². The summed E-state index contributed by atoms with van der Waals surface area (Å²) in [6.07, 6.45) is 5.24. The van der Waals surface area contributed by atoms with E-state index in [2.05, 4.69) is 15.2 Å². The Morgan fingerprint density at radius 2 is 2.12 bits per heavy atom. The number of pyridine rings is 1. The molecule has 0 radical (unpaired) electrons. The fourth-order valence-corrected chi connectivity index (χ4v) is 4.09. The number of benzene rings is 1. The molecule has 4 aromatic rings. The summed E-state index contributed by atoms with van der Waals surface area (Å²) < 4.78 is 15.4. The molecule has 1 aliphatic heterocycles. The average Bonchev–Trinajstić information content (AvgIpc) is 3.22. The molecule has 32 heavy (non-hydrogen) atoms. The van der Waals surface area contributed by atoms with Gasteiger partial charge in [-0.1, -0.05) is 12.1 Å². The zero-order chi connectivity index (χ0) is 22.2. The van der Waals surface area contributed by atoms with E-state index in [4.69, 9.17) is 15.7 Å². The van der Waals surface area contributed by atoms with Crippen molar-refractivity contribution >= 4 is 23.1 Å². The first-order chi connectivity index (χ1) is 15.5. The SMILES string of the molecule is CN1CCCc2c(NCc3cccc(F)c3)nc(-c3ncc4c(C(N)=O)cccn34)nc21. The summed E-state index contributed by atoms with van der Waals surface area (Å²) in [5, 5.41) is 3.36. The van der Waals surface area contributed by atoms with Gasteiger partial charge in [-0.25, -0.2) is 19.3 Å². The Balaban J connectivity index is 1.60. The Hall–Kier alpha value is -4.01. The first-order valence-corrected chi connectivity index (χ1v) is 10.4. The van der Waals surface area contributed by atoms with Gasteiger partial charge in [0.05, 0.1) is 17.3 Å². The lowest BCUT2D eigenvalue weighted by molar-refractivity contribution is 0.100. The Morgan fingerprint density at radius 3 is 2.94 bits per heavy atom. The van der Waals surface area contributed by atoms with E-state index < -0.39 is 5.91 Å². The van der Waals surface area contributed by atoms with Gasteiger partial charge < -0.3 is 16.0 Å². The van der Waals surface area contributed by atoms with Crippen LogP contribution in [0.3, 0.4) is 0 Å². The molecular weight excluding hydrogens is 409 g/mol. The second-order valence-corrected chi connectivity index (χ2v) is 7.83. The standard InChI is InChI=1S/C23H22FN7O/c1-30-9-3-8-17-20(26-12-14-5-2-6-15(24)11-14)28-21(29-22(17)30)23-27-13-18-16(19(25)32)7-4-10-31(18)23/h2,4-7,10-11,13H,3,8-9,12H2,1H3,(H2,25,32)(H,26,28,29). The number of hydrogen-bond acceptors (Lipinski definition) is 6. The Labute approximate surface area is 183 Å². The van der Waals surface area contributed by atoms with E-state index in [0.29, 0.717) is 35.1 Å². The Bertz CT molecular complexity index is 1330. The van der Waals surface area contributed by atoms with Crippen LogP contribution < -0.4 is 16.0 Å². The lowest BCUT2D eigenvalue weighted by atomic mass is 10.1. The van der Waals surface area contributed by atoms with E-state index in [0.717, 1.165) is 36.3 Å². The summed E-state index contributed by atoms with van der Waals surface area (Å²) >= 11 is 0. The van der Waals surface area contributed by atoms with E-state index in [-0.39, 0.29) is 5.82 Å². The minimum Gasteiger partial charge on any atom is -0.366 e. The third kappa shape index (κ3) is 3.51. The smallest absolute Gasteiger partial charge is 0.250 e. The number of nitrogens with zero attached hydrogens (tertiary/aromatic N) is 5. The number of nitrogens with two attached hydrogens (primary N) is 1. The Morgan fingerprint density at radius 1 is 1.25 bits per heavy atom. The van der Waals surface area contributed by atoms with Crippen LogP contribution in [0.2, 0.25) is 0 Å². The largest absolute Gasteiger partial charge is 0.366 e. The van der Waals surface area contributed by atoms with Gasteiger partial charge >= 0.3 is 0 Å². The molecule has 1 amide bonds. The predicted octanol–water partition coefficient (Wildman–Crippen LogP) is 3.02. The highest BCUT2D eigenvalue weighted by Gasteiger charge is 2.23. The first kappa shape index (κ1) is 19.9. The van der Waals surface area contributed by atoms with Crippen LogP contribution in [0.1, 0.15) is 27.9 Å². The van der Waals surface area contributed by atoms with Gasteiger partial charge in [0.15, 0.2) is 11.6 Å². The monoisotopic (exact) mass is 431 g/mol. The molecule has 162 valence electrons. The zero-order valence-corrected chi connectivity index (χ0v) is 17.5. The molecule has 4 heterocycles. The minimum atomic E-state index is -0.523. The summed E-state index contributed by atoms with van der Waals surface area (Å²) in [5.74, 6) is 1.68. The van der Waals surface area contributed by atoms with Gasteiger partial charge in [-0.3, -0.25) is 9.20 Å². The van der Waals surface area contributed by atoms with Crippen LogP contribution in [0, 0.1) is 5.82 Å². The molecule has 1 aliphatic rings. The molecule has 9 heteroatoms. The van der Waals surface area contributed by atoms with Crippen molar-refractivity contribution < 1.29 is 9.18 Å². The number of halogens is 1. The summed E-state index contributed by atoms with van der Waals surface area (Å²) in [6.45, 7) is 1.32. The molecule has 0 fully saturated rings. The van der Waals surface area contributed by atoms with Crippen molar-refractivity contribution in [3.05, 3.63) is 71.3 Å². The third-order valence-corrected chi connectivity index (χ3v) is 5.65. The maximum Gasteiger partial charge on any atom is 0.250 e. The van der Waals surface area contributed by atoms with Gasteiger partial charge in [0, 0.05) is 31.9 Å². The number of primary amides is 1. The average molecular weight is 431 g/mol. The molecule has 1 aromatic carbocycles. The summed E-state index contributed by atoms with van der Waals surface area (Å²) in [4.78, 5) is 28.0. The highest BCUT2D eigenvalue weighted by Crippen LogP contribution is 2.32. The van der Waals surface area contributed by atoms with Crippen LogP contribution in [-0.4, -0.2) is 38.9 Å². The van der Waals surface area contributed by atoms with Gasteiger partial charge in [-0.2, -0.15) is 0 Å². The minimum absolute atomic E-state index is 0.274.